The summed E-state index contributed by atoms with van der Waals surface area (Å²) in [4.78, 5) is 12.5. The summed E-state index contributed by atoms with van der Waals surface area (Å²) < 4.78 is 13.5. The molecule has 0 heterocycles. The fourth-order valence-electron chi connectivity index (χ4n) is 5.57. The van der Waals surface area contributed by atoms with Crippen molar-refractivity contribution in [3.05, 3.63) is 11.6 Å². The zero-order valence-corrected chi connectivity index (χ0v) is 21.4. The summed E-state index contributed by atoms with van der Waals surface area (Å²) >= 11 is 3.77. The molecule has 26 heavy (non-hydrogen) atoms. The first kappa shape index (κ1) is 21.0. The minimum absolute atomic E-state index is 0.0673. The molecule has 0 bridgehead atoms. The molecule has 2 saturated carbocycles. The highest BCUT2D eigenvalue weighted by Crippen LogP contribution is 2.68. The number of carbonyl (C=O) groups is 1. The lowest BCUT2D eigenvalue weighted by molar-refractivity contribution is -0.115. The van der Waals surface area contributed by atoms with Crippen molar-refractivity contribution in [3.63, 3.8) is 0 Å². The second kappa shape index (κ2) is 6.12. The molecule has 3 aliphatic rings. The van der Waals surface area contributed by atoms with Crippen molar-refractivity contribution in [2.45, 2.75) is 83.5 Å². The number of halogens is 1. The van der Waals surface area contributed by atoms with E-state index in [0.717, 1.165) is 6.42 Å². The molecule has 0 unspecified atom stereocenters. The van der Waals surface area contributed by atoms with Gasteiger partial charge in [0.05, 0.1) is 17.0 Å². The molecule has 6 heteroatoms. The maximum Gasteiger partial charge on any atom is 0.184 e. The first-order valence-electron chi connectivity index (χ1n) is 9.83. The first-order chi connectivity index (χ1) is 11.6. The standard InChI is InChI=1S/C20H35BrO3Si2/c1-19(2)11-12-15(18(19)24-26(7,8)9)20(3)13(10-14(22)17(20)21)16(12)23-25(4,5)6/h10,12,15-18H,11H2,1-9H3/t12-,15-,16-,17+,18+,20+/m0/s1. The Hall–Kier alpha value is 0.244. The normalized spacial score (nSPS) is 42.0. The second-order valence-electron chi connectivity index (χ2n) is 11.3. The highest BCUT2D eigenvalue weighted by molar-refractivity contribution is 9.10. The molecule has 0 N–H and O–H groups in total. The van der Waals surface area contributed by atoms with Crippen LogP contribution in [0.25, 0.3) is 0 Å². The van der Waals surface area contributed by atoms with Crippen molar-refractivity contribution in [2.75, 3.05) is 0 Å². The Bertz CT molecular complexity index is 646. The lowest BCUT2D eigenvalue weighted by Crippen LogP contribution is -2.47. The van der Waals surface area contributed by atoms with Crippen molar-refractivity contribution in [1.29, 1.82) is 0 Å². The molecule has 2 fully saturated rings. The van der Waals surface area contributed by atoms with Crippen molar-refractivity contribution in [2.24, 2.45) is 22.7 Å². The van der Waals surface area contributed by atoms with Crippen LogP contribution in [0.3, 0.4) is 0 Å². The molecule has 3 nitrogen and oxygen atoms in total. The van der Waals surface area contributed by atoms with Gasteiger partial charge in [0, 0.05) is 11.3 Å². The van der Waals surface area contributed by atoms with E-state index in [4.69, 9.17) is 8.85 Å². The topological polar surface area (TPSA) is 35.5 Å². The number of hydrogen-bond donors (Lipinski definition) is 0. The highest BCUT2D eigenvalue weighted by Gasteiger charge is 2.69. The van der Waals surface area contributed by atoms with Gasteiger partial charge in [-0.3, -0.25) is 4.79 Å². The molecule has 0 aromatic carbocycles. The van der Waals surface area contributed by atoms with E-state index in [9.17, 15) is 4.79 Å². The third-order valence-corrected chi connectivity index (χ3v) is 9.69. The molecule has 0 saturated heterocycles. The Labute approximate surface area is 169 Å². The predicted molar refractivity (Wildman–Crippen MR) is 116 cm³/mol. The fraction of sp³-hybridized carbons (Fsp3) is 0.850. The van der Waals surface area contributed by atoms with Gasteiger partial charge < -0.3 is 8.85 Å². The highest BCUT2D eigenvalue weighted by atomic mass is 79.9. The average molecular weight is 460 g/mol. The lowest BCUT2D eigenvalue weighted by Gasteiger charge is -2.42. The number of ketones is 1. The fourth-order valence-corrected chi connectivity index (χ4v) is 8.56. The molecule has 148 valence electrons. The third kappa shape index (κ3) is 3.27. The largest absolute Gasteiger partial charge is 0.414 e. The van der Waals surface area contributed by atoms with Gasteiger partial charge in [-0.05, 0) is 68.7 Å². The van der Waals surface area contributed by atoms with E-state index in [1.165, 1.54) is 5.57 Å². The van der Waals surface area contributed by atoms with Gasteiger partial charge in [0.25, 0.3) is 0 Å². The van der Waals surface area contributed by atoms with E-state index in [2.05, 4.69) is 76.0 Å². The Morgan fingerprint density at radius 3 is 2.08 bits per heavy atom. The van der Waals surface area contributed by atoms with Gasteiger partial charge in [-0.15, -0.1) is 0 Å². The smallest absolute Gasteiger partial charge is 0.184 e. The van der Waals surface area contributed by atoms with Crippen LogP contribution < -0.4 is 0 Å². The van der Waals surface area contributed by atoms with Crippen LogP contribution in [-0.2, 0) is 13.6 Å². The number of allylic oxidation sites excluding steroid dienone is 1. The molecule has 0 aromatic heterocycles. The van der Waals surface area contributed by atoms with Crippen LogP contribution in [0.2, 0.25) is 39.3 Å². The van der Waals surface area contributed by atoms with Crippen LogP contribution in [0.4, 0.5) is 0 Å². The zero-order chi connectivity index (χ0) is 19.9. The molecular weight excluding hydrogens is 424 g/mol. The summed E-state index contributed by atoms with van der Waals surface area (Å²) in [5.41, 5.74) is 1.12. The van der Waals surface area contributed by atoms with Gasteiger partial charge in [-0.2, -0.15) is 0 Å². The lowest BCUT2D eigenvalue weighted by atomic mass is 9.72. The summed E-state index contributed by atoms with van der Waals surface area (Å²) in [7, 11) is -3.44. The summed E-state index contributed by atoms with van der Waals surface area (Å²) in [5, 5.41) is 0. The molecule has 0 radical (unpaired) electrons. The van der Waals surface area contributed by atoms with Gasteiger partial charge in [0.1, 0.15) is 0 Å². The van der Waals surface area contributed by atoms with Crippen LogP contribution >= 0.6 is 15.9 Å². The molecule has 6 atom stereocenters. The quantitative estimate of drug-likeness (QED) is 0.418. The summed E-state index contributed by atoms with van der Waals surface area (Å²) in [6, 6.07) is 0. The van der Waals surface area contributed by atoms with Gasteiger partial charge >= 0.3 is 0 Å². The van der Waals surface area contributed by atoms with Crippen molar-refractivity contribution in [1.82, 2.24) is 0 Å². The SMILES string of the molecule is CC1(C)C[C@H]2[C@@H]([C@H]1O[Si](C)(C)C)[C@@]1(C)C(=CC(=O)[C@H]1Br)[C@H]2O[Si](C)(C)C. The second-order valence-corrected chi connectivity index (χ2v) is 21.2. The van der Waals surface area contributed by atoms with E-state index in [1.54, 1.807) is 0 Å². The monoisotopic (exact) mass is 458 g/mol. The van der Waals surface area contributed by atoms with Crippen molar-refractivity contribution in [3.8, 4) is 0 Å². The van der Waals surface area contributed by atoms with E-state index in [0.29, 0.717) is 11.8 Å². The van der Waals surface area contributed by atoms with Crippen LogP contribution in [0.1, 0.15) is 27.2 Å². The van der Waals surface area contributed by atoms with Crippen molar-refractivity contribution < 1.29 is 13.6 Å². The third-order valence-electron chi connectivity index (χ3n) is 6.36. The maximum absolute atomic E-state index is 12.6. The van der Waals surface area contributed by atoms with E-state index >= 15 is 0 Å². The Morgan fingerprint density at radius 1 is 1.04 bits per heavy atom. The predicted octanol–water partition coefficient (Wildman–Crippen LogP) is 5.38. The first-order valence-corrected chi connectivity index (χ1v) is 17.6. The van der Waals surface area contributed by atoms with E-state index < -0.39 is 16.6 Å². The van der Waals surface area contributed by atoms with Gasteiger partial charge in [-0.1, -0.05) is 36.7 Å². The molecule has 0 aliphatic heterocycles. The van der Waals surface area contributed by atoms with Crippen molar-refractivity contribution >= 4 is 38.3 Å². The molecule has 0 aromatic rings. The Balaban J connectivity index is 2.09. The van der Waals surface area contributed by atoms with Gasteiger partial charge in [0.15, 0.2) is 22.4 Å². The van der Waals surface area contributed by atoms with Gasteiger partial charge in [-0.25, -0.2) is 0 Å². The summed E-state index contributed by atoms with van der Waals surface area (Å²) in [6.45, 7) is 20.5. The molecular formula is C20H35BrO3Si2. The summed E-state index contributed by atoms with van der Waals surface area (Å²) in [6.07, 6.45) is 3.23. The number of alkyl halides is 1. The van der Waals surface area contributed by atoms with Crippen LogP contribution in [0, 0.1) is 22.7 Å². The molecule has 3 rings (SSSR count). The van der Waals surface area contributed by atoms with Crippen LogP contribution in [0.5, 0.6) is 0 Å². The average Bonchev–Trinajstić information content (AvgIpc) is 2.89. The minimum Gasteiger partial charge on any atom is -0.414 e. The number of fused-ring (bicyclic) bond motifs is 3. The summed E-state index contributed by atoms with van der Waals surface area (Å²) in [5.74, 6) is 0.955. The molecule has 0 amide bonds. The number of rotatable bonds is 4. The zero-order valence-electron chi connectivity index (χ0n) is 17.8. The van der Waals surface area contributed by atoms with Crippen LogP contribution in [-0.4, -0.2) is 39.5 Å². The number of hydrogen-bond acceptors (Lipinski definition) is 3. The van der Waals surface area contributed by atoms with E-state index in [1.807, 2.05) is 6.08 Å². The van der Waals surface area contributed by atoms with E-state index in [-0.39, 0.29) is 33.6 Å². The minimum atomic E-state index is -1.73. The molecule has 3 aliphatic carbocycles. The Kier molecular flexibility index (Phi) is 4.93. The van der Waals surface area contributed by atoms with Gasteiger partial charge in [0.2, 0.25) is 0 Å². The molecule has 0 spiro atoms. The van der Waals surface area contributed by atoms with Crippen LogP contribution in [0.15, 0.2) is 11.6 Å². The Morgan fingerprint density at radius 2 is 1.58 bits per heavy atom. The number of carbonyl (C=O) groups excluding carboxylic acids is 1. The maximum atomic E-state index is 12.6.